The van der Waals surface area contributed by atoms with Crippen molar-refractivity contribution >= 4 is 11.7 Å². The smallest absolute Gasteiger partial charge is 0.274 e. The summed E-state index contributed by atoms with van der Waals surface area (Å²) < 4.78 is 2.14. The number of hydrogen-bond acceptors (Lipinski definition) is 4. The summed E-state index contributed by atoms with van der Waals surface area (Å²) in [6, 6.07) is 10.6. The van der Waals surface area contributed by atoms with E-state index in [1.54, 1.807) is 0 Å². The highest BCUT2D eigenvalue weighted by Gasteiger charge is 2.29. The van der Waals surface area contributed by atoms with E-state index >= 15 is 0 Å². The van der Waals surface area contributed by atoms with Crippen LogP contribution in [0.3, 0.4) is 0 Å². The van der Waals surface area contributed by atoms with E-state index in [9.17, 15) is 4.79 Å². The molecule has 1 aromatic carbocycles. The quantitative estimate of drug-likeness (QED) is 0.881. The Morgan fingerprint density at radius 1 is 1.07 bits per heavy atom. The number of aryl methyl sites for hydroxylation is 1. The van der Waals surface area contributed by atoms with Crippen LogP contribution in [0, 0.1) is 0 Å². The van der Waals surface area contributed by atoms with E-state index in [-0.39, 0.29) is 5.91 Å². The summed E-state index contributed by atoms with van der Waals surface area (Å²) in [5.74, 6) is 1.92. The molecule has 144 valence electrons. The first kappa shape index (κ1) is 18.0. The van der Waals surface area contributed by atoms with Crippen molar-refractivity contribution in [2.24, 2.45) is 0 Å². The third-order valence-corrected chi connectivity index (χ3v) is 5.74. The fraction of sp³-hybridized carbons (Fsp3) is 0.524. The molecule has 0 saturated carbocycles. The zero-order valence-electron chi connectivity index (χ0n) is 16.2. The molecule has 1 saturated heterocycles. The van der Waals surface area contributed by atoms with E-state index in [0.717, 1.165) is 82.3 Å². The van der Waals surface area contributed by atoms with Crippen LogP contribution in [0.5, 0.6) is 0 Å². The minimum absolute atomic E-state index is 0.128. The summed E-state index contributed by atoms with van der Waals surface area (Å²) in [6.45, 7) is 5.41. The van der Waals surface area contributed by atoms with Crippen molar-refractivity contribution in [1.82, 2.24) is 19.4 Å². The van der Waals surface area contributed by atoms with Gasteiger partial charge in [0.2, 0.25) is 0 Å². The zero-order valence-corrected chi connectivity index (χ0v) is 16.2. The monoisotopic (exact) mass is 367 g/mol. The van der Waals surface area contributed by atoms with Crippen LogP contribution in [-0.4, -0.2) is 65.0 Å². The maximum absolute atomic E-state index is 13.2. The molecule has 1 aromatic heterocycles. The van der Waals surface area contributed by atoms with Crippen molar-refractivity contribution in [2.45, 2.75) is 32.2 Å². The lowest BCUT2D eigenvalue weighted by molar-refractivity contribution is 0.0628. The van der Waals surface area contributed by atoms with Gasteiger partial charge in [-0.05, 0) is 24.8 Å². The summed E-state index contributed by atoms with van der Waals surface area (Å²) in [5, 5.41) is 3.13. The van der Waals surface area contributed by atoms with Gasteiger partial charge >= 0.3 is 0 Å². The average molecular weight is 367 g/mol. The molecule has 1 N–H and O–H groups in total. The second-order valence-electron chi connectivity index (χ2n) is 7.45. The fourth-order valence-corrected chi connectivity index (χ4v) is 4.13. The molecule has 3 heterocycles. The van der Waals surface area contributed by atoms with Gasteiger partial charge in [-0.15, -0.1) is 0 Å². The Labute approximate surface area is 161 Å². The number of carbonyl (C=O) groups is 1. The number of fused-ring (bicyclic) bond motifs is 1. The normalized spacial score (nSPS) is 17.6. The molecule has 2 aliphatic heterocycles. The first-order valence-corrected chi connectivity index (χ1v) is 10.1. The van der Waals surface area contributed by atoms with Gasteiger partial charge in [-0.25, -0.2) is 4.98 Å². The van der Waals surface area contributed by atoms with Crippen LogP contribution in [0.15, 0.2) is 30.3 Å². The Hall–Kier alpha value is -2.34. The number of carbonyl (C=O) groups excluding carboxylic acids is 1. The highest BCUT2D eigenvalue weighted by atomic mass is 16.2. The molecule has 2 aromatic rings. The third-order valence-electron chi connectivity index (χ3n) is 5.74. The first-order chi connectivity index (χ1) is 13.3. The molecular formula is C21H29N5O. The van der Waals surface area contributed by atoms with Crippen LogP contribution in [0.2, 0.25) is 0 Å². The van der Waals surface area contributed by atoms with Gasteiger partial charge in [0, 0.05) is 52.7 Å². The van der Waals surface area contributed by atoms with Crippen molar-refractivity contribution < 1.29 is 4.79 Å². The molecule has 1 fully saturated rings. The summed E-state index contributed by atoms with van der Waals surface area (Å²) in [5.41, 5.74) is 2.13. The van der Waals surface area contributed by atoms with Gasteiger partial charge in [0.15, 0.2) is 11.5 Å². The van der Waals surface area contributed by atoms with Gasteiger partial charge in [0.05, 0.1) is 0 Å². The van der Waals surface area contributed by atoms with Crippen molar-refractivity contribution in [3.05, 3.63) is 47.4 Å². The molecule has 0 atom stereocenters. The van der Waals surface area contributed by atoms with E-state index in [0.29, 0.717) is 0 Å². The molecule has 0 bridgehead atoms. The van der Waals surface area contributed by atoms with Crippen molar-refractivity contribution in [3.63, 3.8) is 0 Å². The number of nitrogens with zero attached hydrogens (tertiary/aromatic N) is 4. The Balaban J connectivity index is 1.37. The highest BCUT2D eigenvalue weighted by Crippen LogP contribution is 2.24. The van der Waals surface area contributed by atoms with E-state index in [1.165, 1.54) is 5.56 Å². The topological polar surface area (TPSA) is 53.4 Å². The van der Waals surface area contributed by atoms with Gasteiger partial charge in [-0.3, -0.25) is 9.69 Å². The Morgan fingerprint density at radius 3 is 2.59 bits per heavy atom. The molecule has 27 heavy (non-hydrogen) atoms. The maximum Gasteiger partial charge on any atom is 0.274 e. The van der Waals surface area contributed by atoms with Crippen molar-refractivity contribution in [3.8, 4) is 0 Å². The van der Waals surface area contributed by atoms with Crippen molar-refractivity contribution in [1.29, 1.82) is 0 Å². The molecular weight excluding hydrogens is 338 g/mol. The number of amides is 1. The molecule has 0 radical (unpaired) electrons. The number of imidazole rings is 1. The number of rotatable bonds is 5. The SMILES string of the molecule is CNc1nc2n(c1C(=O)N1CCN(CCc3ccccc3)CC1)CCCC2. The van der Waals surface area contributed by atoms with Crippen molar-refractivity contribution in [2.75, 3.05) is 45.1 Å². The van der Waals surface area contributed by atoms with Gasteiger partial charge in [-0.1, -0.05) is 30.3 Å². The lowest BCUT2D eigenvalue weighted by atomic mass is 10.1. The van der Waals surface area contributed by atoms with Crippen LogP contribution in [0.4, 0.5) is 5.82 Å². The zero-order chi connectivity index (χ0) is 18.6. The largest absolute Gasteiger partial charge is 0.371 e. The van der Waals surface area contributed by atoms with Crippen LogP contribution < -0.4 is 5.32 Å². The highest BCUT2D eigenvalue weighted by molar-refractivity contribution is 5.97. The summed E-state index contributed by atoms with van der Waals surface area (Å²) in [4.78, 5) is 22.3. The Morgan fingerprint density at radius 2 is 1.85 bits per heavy atom. The molecule has 0 unspecified atom stereocenters. The van der Waals surface area contributed by atoms with E-state index in [4.69, 9.17) is 0 Å². The van der Waals surface area contributed by atoms with E-state index < -0.39 is 0 Å². The minimum atomic E-state index is 0.128. The number of anilines is 1. The number of nitrogens with one attached hydrogen (secondary N) is 1. The van der Waals surface area contributed by atoms with Crippen LogP contribution in [-0.2, 0) is 19.4 Å². The number of piperazine rings is 1. The van der Waals surface area contributed by atoms with E-state index in [1.807, 2.05) is 11.9 Å². The number of aromatic nitrogens is 2. The minimum Gasteiger partial charge on any atom is -0.371 e. The molecule has 1 amide bonds. The van der Waals surface area contributed by atoms with Gasteiger partial charge < -0.3 is 14.8 Å². The number of hydrogen-bond donors (Lipinski definition) is 1. The molecule has 6 heteroatoms. The Bertz CT molecular complexity index is 777. The molecule has 2 aliphatic rings. The van der Waals surface area contributed by atoms with E-state index in [2.05, 4.69) is 50.1 Å². The fourth-order valence-electron chi connectivity index (χ4n) is 4.13. The predicted octanol–water partition coefficient (Wildman–Crippen LogP) is 2.26. The van der Waals surface area contributed by atoms with Crippen LogP contribution >= 0.6 is 0 Å². The maximum atomic E-state index is 13.2. The second-order valence-corrected chi connectivity index (χ2v) is 7.45. The lowest BCUT2D eigenvalue weighted by Crippen LogP contribution is -2.49. The third kappa shape index (κ3) is 3.86. The van der Waals surface area contributed by atoms with Gasteiger partial charge in [0.25, 0.3) is 5.91 Å². The Kier molecular flexibility index (Phi) is 5.43. The molecule has 4 rings (SSSR count). The standard InChI is InChI=1S/C21H29N5O/c1-22-20-19(26-11-6-5-9-18(26)23-20)21(27)25-15-13-24(14-16-25)12-10-17-7-3-2-4-8-17/h2-4,7-8,22H,5-6,9-16H2,1H3. The average Bonchev–Trinajstić information content (AvgIpc) is 3.11. The predicted molar refractivity (Wildman–Crippen MR) is 107 cm³/mol. The molecule has 6 nitrogen and oxygen atoms in total. The summed E-state index contributed by atoms with van der Waals surface area (Å²) in [6.07, 6.45) is 4.32. The van der Waals surface area contributed by atoms with Gasteiger partial charge in [-0.2, -0.15) is 0 Å². The molecule has 0 aliphatic carbocycles. The molecule has 0 spiro atoms. The lowest BCUT2D eigenvalue weighted by Gasteiger charge is -2.35. The van der Waals surface area contributed by atoms with Crippen LogP contribution in [0.25, 0.3) is 0 Å². The van der Waals surface area contributed by atoms with Gasteiger partial charge in [0.1, 0.15) is 5.82 Å². The second kappa shape index (κ2) is 8.13. The summed E-state index contributed by atoms with van der Waals surface area (Å²) >= 11 is 0. The number of benzene rings is 1. The van der Waals surface area contributed by atoms with Crippen LogP contribution in [0.1, 0.15) is 34.7 Å². The summed E-state index contributed by atoms with van der Waals surface area (Å²) in [7, 11) is 1.85. The first-order valence-electron chi connectivity index (χ1n) is 10.1.